The summed E-state index contributed by atoms with van der Waals surface area (Å²) in [7, 11) is 3.50. The second-order valence-electron chi connectivity index (χ2n) is 8.11. The van der Waals surface area contributed by atoms with E-state index in [0.29, 0.717) is 12.6 Å². The molecule has 0 radical (unpaired) electrons. The monoisotopic (exact) mass is 404 g/mol. The van der Waals surface area contributed by atoms with E-state index in [-0.39, 0.29) is 12.0 Å². The summed E-state index contributed by atoms with van der Waals surface area (Å²) in [5.74, 6) is 1.68. The van der Waals surface area contributed by atoms with Crippen molar-refractivity contribution < 1.29 is 14.6 Å². The van der Waals surface area contributed by atoms with E-state index >= 15 is 0 Å². The van der Waals surface area contributed by atoms with Crippen LogP contribution in [0.25, 0.3) is 0 Å². The van der Waals surface area contributed by atoms with Crippen LogP contribution >= 0.6 is 0 Å². The van der Waals surface area contributed by atoms with Crippen LogP contribution in [0.1, 0.15) is 37.3 Å². The lowest BCUT2D eigenvalue weighted by Crippen LogP contribution is -2.46. The minimum absolute atomic E-state index is 0.00327. The van der Waals surface area contributed by atoms with Crippen molar-refractivity contribution in [3.8, 4) is 5.75 Å². The van der Waals surface area contributed by atoms with Crippen molar-refractivity contribution in [3.63, 3.8) is 0 Å². The Morgan fingerprint density at radius 2 is 2.03 bits per heavy atom. The number of aliphatic hydroxyl groups excluding tert-OH is 1. The zero-order valence-electron chi connectivity index (χ0n) is 17.8. The van der Waals surface area contributed by atoms with Crippen molar-refractivity contribution >= 4 is 5.96 Å². The quantitative estimate of drug-likeness (QED) is 0.430. The molecular formula is C22H36N4O3. The molecule has 2 atom stereocenters. The number of hydrogen-bond acceptors (Lipinski definition) is 5. The van der Waals surface area contributed by atoms with Gasteiger partial charge >= 0.3 is 0 Å². The fourth-order valence-corrected chi connectivity index (χ4v) is 4.33. The van der Waals surface area contributed by atoms with Gasteiger partial charge in [-0.2, -0.15) is 0 Å². The summed E-state index contributed by atoms with van der Waals surface area (Å²) in [6, 6.07) is 8.68. The normalized spacial score (nSPS) is 23.9. The fraction of sp³-hybridized carbons (Fsp3) is 0.682. The van der Waals surface area contributed by atoms with Crippen LogP contribution in [-0.2, 0) is 4.74 Å². The molecule has 2 aliphatic rings. The van der Waals surface area contributed by atoms with Gasteiger partial charge in [0.05, 0.1) is 19.8 Å². The number of nitrogens with zero attached hydrogens (tertiary/aromatic N) is 2. The maximum Gasteiger partial charge on any atom is 0.191 e. The standard InChI is InChI=1S/C22H36N4O3/c1-23-21(25-16-22(9-13-27)10-14-29-17-22)24-15-20(26-11-3-4-12-26)18-5-7-19(28-2)8-6-18/h5-8,20,27H,3-4,9-17H2,1-2H3,(H2,23,24,25). The number of guanidine groups is 1. The van der Waals surface area contributed by atoms with E-state index in [1.165, 1.54) is 18.4 Å². The van der Waals surface area contributed by atoms with E-state index in [2.05, 4.69) is 32.7 Å². The van der Waals surface area contributed by atoms with Crippen LogP contribution in [0, 0.1) is 5.41 Å². The third-order valence-electron chi connectivity index (χ3n) is 6.23. The summed E-state index contributed by atoms with van der Waals surface area (Å²) in [5, 5.41) is 16.4. The van der Waals surface area contributed by atoms with Gasteiger partial charge in [0.25, 0.3) is 0 Å². The summed E-state index contributed by atoms with van der Waals surface area (Å²) in [5.41, 5.74) is 1.29. The fourth-order valence-electron chi connectivity index (χ4n) is 4.33. The van der Waals surface area contributed by atoms with Crippen LogP contribution in [-0.4, -0.2) is 76.1 Å². The molecular weight excluding hydrogens is 368 g/mol. The van der Waals surface area contributed by atoms with Gasteiger partial charge in [-0.25, -0.2) is 0 Å². The maximum absolute atomic E-state index is 9.43. The van der Waals surface area contributed by atoms with E-state index in [9.17, 15) is 5.11 Å². The number of aliphatic imine (C=N–C) groups is 1. The number of ether oxygens (including phenoxy) is 2. The molecule has 7 heteroatoms. The lowest BCUT2D eigenvalue weighted by Gasteiger charge is -2.30. The first kappa shape index (κ1) is 21.9. The molecule has 0 aromatic heterocycles. The van der Waals surface area contributed by atoms with Gasteiger partial charge in [-0.15, -0.1) is 0 Å². The molecule has 0 saturated carbocycles. The highest BCUT2D eigenvalue weighted by atomic mass is 16.5. The molecule has 2 aliphatic heterocycles. The Kier molecular flexibility index (Phi) is 8.15. The first-order chi connectivity index (χ1) is 14.2. The van der Waals surface area contributed by atoms with E-state index in [4.69, 9.17) is 9.47 Å². The molecule has 0 spiro atoms. The molecule has 1 aromatic rings. The summed E-state index contributed by atoms with van der Waals surface area (Å²) in [6.45, 7) is 5.44. The number of methoxy groups -OCH3 is 1. The van der Waals surface area contributed by atoms with Crippen LogP contribution in [0.5, 0.6) is 5.75 Å². The van der Waals surface area contributed by atoms with Gasteiger partial charge in [0, 0.05) is 38.8 Å². The number of benzene rings is 1. The molecule has 7 nitrogen and oxygen atoms in total. The van der Waals surface area contributed by atoms with Crippen LogP contribution in [0.4, 0.5) is 0 Å². The lowest BCUT2D eigenvalue weighted by molar-refractivity contribution is 0.127. The topological polar surface area (TPSA) is 78.4 Å². The zero-order chi connectivity index (χ0) is 20.5. The molecule has 0 amide bonds. The molecule has 29 heavy (non-hydrogen) atoms. The Balaban J connectivity index is 1.60. The van der Waals surface area contributed by atoms with E-state index in [1.807, 2.05) is 12.1 Å². The van der Waals surface area contributed by atoms with E-state index in [1.54, 1.807) is 14.2 Å². The molecule has 3 rings (SSSR count). The van der Waals surface area contributed by atoms with Crippen LogP contribution < -0.4 is 15.4 Å². The minimum Gasteiger partial charge on any atom is -0.497 e. The Labute approximate surface area is 174 Å². The number of aliphatic hydroxyl groups is 1. The number of rotatable bonds is 9. The van der Waals surface area contributed by atoms with Crippen molar-refractivity contribution in [2.75, 3.05) is 60.2 Å². The molecule has 2 unspecified atom stereocenters. The third-order valence-corrected chi connectivity index (χ3v) is 6.23. The SMILES string of the molecule is CN=C(NCC(c1ccc(OC)cc1)N1CCCC1)NCC1(CCO)CCOC1. The Morgan fingerprint density at radius 3 is 2.62 bits per heavy atom. The number of hydrogen-bond donors (Lipinski definition) is 3. The summed E-state index contributed by atoms with van der Waals surface area (Å²) < 4.78 is 10.9. The van der Waals surface area contributed by atoms with Crippen molar-refractivity contribution in [2.24, 2.45) is 10.4 Å². The van der Waals surface area contributed by atoms with Crippen molar-refractivity contribution in [1.29, 1.82) is 0 Å². The summed E-state index contributed by atoms with van der Waals surface area (Å²) in [6.07, 6.45) is 4.23. The zero-order valence-corrected chi connectivity index (χ0v) is 17.8. The van der Waals surface area contributed by atoms with Crippen molar-refractivity contribution in [2.45, 2.75) is 31.7 Å². The summed E-state index contributed by atoms with van der Waals surface area (Å²) >= 11 is 0. The van der Waals surface area contributed by atoms with Crippen LogP contribution in [0.3, 0.4) is 0 Å². The predicted molar refractivity (Wildman–Crippen MR) is 115 cm³/mol. The first-order valence-electron chi connectivity index (χ1n) is 10.7. The Hall–Kier alpha value is -1.83. The highest BCUT2D eigenvalue weighted by molar-refractivity contribution is 5.79. The number of nitrogens with one attached hydrogen (secondary N) is 2. The van der Waals surface area contributed by atoms with Gasteiger partial charge in [0.2, 0.25) is 0 Å². The molecule has 2 fully saturated rings. The Bertz CT molecular complexity index is 638. The molecule has 1 aromatic carbocycles. The van der Waals surface area contributed by atoms with Gasteiger partial charge < -0.3 is 25.2 Å². The largest absolute Gasteiger partial charge is 0.497 e. The van der Waals surface area contributed by atoms with Crippen LogP contribution in [0.15, 0.2) is 29.3 Å². The van der Waals surface area contributed by atoms with Crippen molar-refractivity contribution in [1.82, 2.24) is 15.5 Å². The maximum atomic E-state index is 9.43. The van der Waals surface area contributed by atoms with Crippen LogP contribution in [0.2, 0.25) is 0 Å². The Morgan fingerprint density at radius 1 is 1.28 bits per heavy atom. The average molecular weight is 405 g/mol. The second-order valence-corrected chi connectivity index (χ2v) is 8.11. The second kappa shape index (κ2) is 10.8. The first-order valence-corrected chi connectivity index (χ1v) is 10.7. The average Bonchev–Trinajstić information content (AvgIpc) is 3.44. The van der Waals surface area contributed by atoms with Crippen molar-refractivity contribution in [3.05, 3.63) is 29.8 Å². The lowest BCUT2D eigenvalue weighted by atomic mass is 9.84. The highest BCUT2D eigenvalue weighted by Crippen LogP contribution is 2.31. The smallest absolute Gasteiger partial charge is 0.191 e. The molecule has 2 saturated heterocycles. The number of likely N-dealkylation sites (tertiary alicyclic amines) is 1. The summed E-state index contributed by atoms with van der Waals surface area (Å²) in [4.78, 5) is 6.95. The van der Waals surface area contributed by atoms with Gasteiger partial charge in [0.1, 0.15) is 5.75 Å². The molecule has 0 aliphatic carbocycles. The van der Waals surface area contributed by atoms with E-state index < -0.39 is 0 Å². The van der Waals surface area contributed by atoms with E-state index in [0.717, 1.165) is 57.3 Å². The molecule has 3 N–H and O–H groups in total. The minimum atomic E-state index is -0.00327. The third kappa shape index (κ3) is 5.84. The van der Waals surface area contributed by atoms with Gasteiger partial charge in [-0.3, -0.25) is 9.89 Å². The highest BCUT2D eigenvalue weighted by Gasteiger charge is 2.34. The molecule has 0 bridgehead atoms. The van der Waals surface area contributed by atoms with Gasteiger partial charge in [0.15, 0.2) is 5.96 Å². The predicted octanol–water partition coefficient (Wildman–Crippen LogP) is 1.79. The molecule has 2 heterocycles. The molecule has 162 valence electrons. The van der Waals surface area contributed by atoms with Gasteiger partial charge in [-0.05, 0) is 56.5 Å². The van der Waals surface area contributed by atoms with Gasteiger partial charge in [-0.1, -0.05) is 12.1 Å².